The van der Waals surface area contributed by atoms with Gasteiger partial charge in [-0.2, -0.15) is 0 Å². The summed E-state index contributed by atoms with van der Waals surface area (Å²) in [6.07, 6.45) is 6.63. The van der Waals surface area contributed by atoms with Gasteiger partial charge in [0.2, 0.25) is 0 Å². The van der Waals surface area contributed by atoms with Crippen LogP contribution in [-0.4, -0.2) is 25.2 Å². The van der Waals surface area contributed by atoms with Gasteiger partial charge in [0.15, 0.2) is 6.10 Å². The highest BCUT2D eigenvalue weighted by molar-refractivity contribution is 5.81. The first-order valence-electron chi connectivity index (χ1n) is 7.80. The van der Waals surface area contributed by atoms with Crippen molar-refractivity contribution in [2.75, 3.05) is 7.11 Å². The third kappa shape index (κ3) is 4.96. The van der Waals surface area contributed by atoms with Crippen molar-refractivity contribution >= 4 is 5.91 Å². The van der Waals surface area contributed by atoms with Gasteiger partial charge in [-0.05, 0) is 31.9 Å². The molecule has 1 amide bonds. The van der Waals surface area contributed by atoms with E-state index in [0.717, 1.165) is 18.6 Å². The van der Waals surface area contributed by atoms with Crippen molar-refractivity contribution in [1.29, 1.82) is 0 Å². The van der Waals surface area contributed by atoms with Gasteiger partial charge in [-0.1, -0.05) is 31.7 Å². The summed E-state index contributed by atoms with van der Waals surface area (Å²) in [6, 6.07) is 7.62. The average Bonchev–Trinajstić information content (AvgIpc) is 2.76. The number of carbonyl (C=O) groups excluding carboxylic acids is 1. The third-order valence-electron chi connectivity index (χ3n) is 3.92. The standard InChI is InChI=1S/C17H25NO3/c1-13(21-16-11-7-10-15(12-16)20-2)17(19)18-14-8-5-3-4-6-9-14/h7,10-14H,3-6,8-9H2,1-2H3,(H,18,19). The second kappa shape index (κ2) is 7.91. The number of hydrogen-bond donors (Lipinski definition) is 1. The highest BCUT2D eigenvalue weighted by atomic mass is 16.5. The molecule has 1 aliphatic rings. The zero-order chi connectivity index (χ0) is 15.1. The molecule has 0 saturated heterocycles. The van der Waals surface area contributed by atoms with E-state index in [1.165, 1.54) is 25.7 Å². The summed E-state index contributed by atoms with van der Waals surface area (Å²) in [7, 11) is 1.61. The maximum absolute atomic E-state index is 12.2. The van der Waals surface area contributed by atoms with Crippen LogP contribution in [0, 0.1) is 0 Å². The fourth-order valence-corrected chi connectivity index (χ4v) is 2.67. The van der Waals surface area contributed by atoms with E-state index in [1.807, 2.05) is 18.2 Å². The largest absolute Gasteiger partial charge is 0.497 e. The van der Waals surface area contributed by atoms with E-state index in [1.54, 1.807) is 20.1 Å². The summed E-state index contributed by atoms with van der Waals surface area (Å²) < 4.78 is 10.9. The Balaban J connectivity index is 1.86. The van der Waals surface area contributed by atoms with Gasteiger partial charge in [-0.15, -0.1) is 0 Å². The van der Waals surface area contributed by atoms with E-state index in [2.05, 4.69) is 5.32 Å². The first-order valence-corrected chi connectivity index (χ1v) is 7.80. The van der Waals surface area contributed by atoms with Gasteiger partial charge in [0.1, 0.15) is 11.5 Å². The molecule has 0 radical (unpaired) electrons. The highest BCUT2D eigenvalue weighted by Gasteiger charge is 2.20. The molecule has 0 spiro atoms. The lowest BCUT2D eigenvalue weighted by Gasteiger charge is -2.20. The van der Waals surface area contributed by atoms with Gasteiger partial charge >= 0.3 is 0 Å². The molecule has 1 saturated carbocycles. The molecule has 1 aliphatic carbocycles. The van der Waals surface area contributed by atoms with Crippen LogP contribution in [0.3, 0.4) is 0 Å². The minimum absolute atomic E-state index is 0.0373. The summed E-state index contributed by atoms with van der Waals surface area (Å²) in [5.41, 5.74) is 0. The minimum atomic E-state index is -0.500. The van der Waals surface area contributed by atoms with Crippen LogP contribution in [0.15, 0.2) is 24.3 Å². The van der Waals surface area contributed by atoms with E-state index in [-0.39, 0.29) is 5.91 Å². The van der Waals surface area contributed by atoms with E-state index in [9.17, 15) is 4.79 Å². The Morgan fingerprint density at radius 2 is 1.86 bits per heavy atom. The minimum Gasteiger partial charge on any atom is -0.497 e. The molecule has 0 aromatic heterocycles. The summed E-state index contributed by atoms with van der Waals surface area (Å²) in [5.74, 6) is 1.34. The number of amides is 1. The molecule has 1 aromatic rings. The van der Waals surface area contributed by atoms with E-state index < -0.39 is 6.10 Å². The molecule has 0 aliphatic heterocycles. The topological polar surface area (TPSA) is 47.6 Å². The molecule has 4 nitrogen and oxygen atoms in total. The first-order chi connectivity index (χ1) is 10.2. The lowest BCUT2D eigenvalue weighted by molar-refractivity contribution is -0.128. The number of nitrogens with one attached hydrogen (secondary N) is 1. The van der Waals surface area contributed by atoms with Gasteiger partial charge in [-0.3, -0.25) is 4.79 Å². The summed E-state index contributed by atoms with van der Waals surface area (Å²) >= 11 is 0. The quantitative estimate of drug-likeness (QED) is 0.847. The molecule has 1 unspecified atom stereocenters. The maximum Gasteiger partial charge on any atom is 0.260 e. The fourth-order valence-electron chi connectivity index (χ4n) is 2.67. The number of carbonyl (C=O) groups is 1. The van der Waals surface area contributed by atoms with Crippen LogP contribution in [0.1, 0.15) is 45.4 Å². The van der Waals surface area contributed by atoms with Crippen molar-refractivity contribution in [2.45, 2.75) is 57.6 Å². The molecule has 0 bridgehead atoms. The van der Waals surface area contributed by atoms with Crippen molar-refractivity contribution < 1.29 is 14.3 Å². The molecule has 1 atom stereocenters. The van der Waals surface area contributed by atoms with Crippen LogP contribution in [0.25, 0.3) is 0 Å². The van der Waals surface area contributed by atoms with Gasteiger partial charge in [-0.25, -0.2) is 0 Å². The predicted molar refractivity (Wildman–Crippen MR) is 82.7 cm³/mol. The molecule has 0 heterocycles. The smallest absolute Gasteiger partial charge is 0.260 e. The molecule has 4 heteroatoms. The lowest BCUT2D eigenvalue weighted by atomic mass is 10.1. The number of rotatable bonds is 5. The van der Waals surface area contributed by atoms with E-state index in [0.29, 0.717) is 11.8 Å². The Bertz CT molecular complexity index is 453. The lowest BCUT2D eigenvalue weighted by Crippen LogP contribution is -2.42. The van der Waals surface area contributed by atoms with Crippen LogP contribution in [0.2, 0.25) is 0 Å². The SMILES string of the molecule is COc1cccc(OC(C)C(=O)NC2CCCCCC2)c1. The third-order valence-corrected chi connectivity index (χ3v) is 3.92. The highest BCUT2D eigenvalue weighted by Crippen LogP contribution is 2.21. The summed E-state index contributed by atoms with van der Waals surface area (Å²) in [5, 5.41) is 3.11. The van der Waals surface area contributed by atoms with Crippen LogP contribution in [-0.2, 0) is 4.79 Å². The van der Waals surface area contributed by atoms with Crippen LogP contribution < -0.4 is 14.8 Å². The maximum atomic E-state index is 12.2. The molecule has 116 valence electrons. The Morgan fingerprint density at radius 1 is 1.19 bits per heavy atom. The van der Waals surface area contributed by atoms with Gasteiger partial charge in [0.05, 0.1) is 7.11 Å². The first kappa shape index (κ1) is 15.7. The molecular weight excluding hydrogens is 266 g/mol. The Morgan fingerprint density at radius 3 is 2.52 bits per heavy atom. The van der Waals surface area contributed by atoms with Crippen molar-refractivity contribution in [1.82, 2.24) is 5.32 Å². The van der Waals surface area contributed by atoms with Crippen LogP contribution in [0.5, 0.6) is 11.5 Å². The molecule has 1 aromatic carbocycles. The Hall–Kier alpha value is -1.71. The number of methoxy groups -OCH3 is 1. The van der Waals surface area contributed by atoms with Gasteiger partial charge in [0, 0.05) is 12.1 Å². The fraction of sp³-hybridized carbons (Fsp3) is 0.588. The van der Waals surface area contributed by atoms with E-state index in [4.69, 9.17) is 9.47 Å². The average molecular weight is 291 g/mol. The zero-order valence-corrected chi connectivity index (χ0v) is 12.9. The predicted octanol–water partition coefficient (Wildman–Crippen LogP) is 3.30. The summed E-state index contributed by atoms with van der Waals surface area (Å²) in [4.78, 5) is 12.2. The van der Waals surface area contributed by atoms with Crippen molar-refractivity contribution in [3.05, 3.63) is 24.3 Å². The van der Waals surface area contributed by atoms with Gasteiger partial charge < -0.3 is 14.8 Å². The van der Waals surface area contributed by atoms with Crippen molar-refractivity contribution in [3.63, 3.8) is 0 Å². The molecule has 21 heavy (non-hydrogen) atoms. The normalized spacial score (nSPS) is 17.6. The Kier molecular flexibility index (Phi) is 5.90. The molecular formula is C17H25NO3. The Labute approximate surface area is 126 Å². The second-order valence-electron chi connectivity index (χ2n) is 5.64. The summed E-state index contributed by atoms with van der Waals surface area (Å²) in [6.45, 7) is 1.78. The number of benzene rings is 1. The number of ether oxygens (including phenoxy) is 2. The van der Waals surface area contributed by atoms with Crippen molar-refractivity contribution in [3.8, 4) is 11.5 Å². The zero-order valence-electron chi connectivity index (χ0n) is 12.9. The molecule has 1 fully saturated rings. The van der Waals surface area contributed by atoms with Crippen LogP contribution >= 0.6 is 0 Å². The monoisotopic (exact) mass is 291 g/mol. The van der Waals surface area contributed by atoms with Crippen LogP contribution in [0.4, 0.5) is 0 Å². The number of hydrogen-bond acceptors (Lipinski definition) is 3. The van der Waals surface area contributed by atoms with E-state index >= 15 is 0 Å². The second-order valence-corrected chi connectivity index (χ2v) is 5.64. The molecule has 1 N–H and O–H groups in total. The van der Waals surface area contributed by atoms with Crippen molar-refractivity contribution in [2.24, 2.45) is 0 Å². The molecule has 2 rings (SSSR count). The van der Waals surface area contributed by atoms with Gasteiger partial charge in [0.25, 0.3) is 5.91 Å².